The molecule has 0 spiro atoms. The Morgan fingerprint density at radius 1 is 1.33 bits per heavy atom. The van der Waals surface area contributed by atoms with E-state index in [2.05, 4.69) is 18.8 Å². The lowest BCUT2D eigenvalue weighted by Crippen LogP contribution is -2.47. The topological polar surface area (TPSA) is 53.5 Å². The molecular formula is C20H24FN3O2S. The fourth-order valence-corrected chi connectivity index (χ4v) is 4.08. The van der Waals surface area contributed by atoms with E-state index in [9.17, 15) is 14.0 Å². The monoisotopic (exact) mass is 389 g/mol. The second kappa shape index (κ2) is 8.17. The van der Waals surface area contributed by atoms with Gasteiger partial charge in [-0.05, 0) is 30.5 Å². The summed E-state index contributed by atoms with van der Waals surface area (Å²) in [5, 5.41) is 0.850. The molecule has 0 saturated carbocycles. The number of rotatable bonds is 4. The summed E-state index contributed by atoms with van der Waals surface area (Å²) in [6.07, 6.45) is 1.89. The summed E-state index contributed by atoms with van der Waals surface area (Å²) in [4.78, 5) is 34.1. The fraction of sp³-hybridized carbons (Fsp3) is 0.450. The predicted octanol–water partition coefficient (Wildman–Crippen LogP) is 3.49. The molecule has 27 heavy (non-hydrogen) atoms. The molecule has 3 rings (SSSR count). The minimum Gasteiger partial charge on any atom is -0.335 e. The SMILES string of the molecule is Cc1ncc(C(=O)N2CCC(=O)N(Cc3ccc(F)cc3)[C@H](C(C)C)C2)s1. The van der Waals surface area contributed by atoms with Crippen LogP contribution < -0.4 is 0 Å². The third-order valence-corrected chi connectivity index (χ3v) is 5.78. The van der Waals surface area contributed by atoms with Crippen molar-refractivity contribution < 1.29 is 14.0 Å². The summed E-state index contributed by atoms with van der Waals surface area (Å²) in [5.74, 6) is -0.152. The van der Waals surface area contributed by atoms with Crippen molar-refractivity contribution in [3.05, 3.63) is 51.7 Å². The van der Waals surface area contributed by atoms with E-state index in [1.807, 2.05) is 11.8 Å². The standard InChI is InChI=1S/C20H24FN3O2S/c1-13(2)17-12-23(20(26)18-10-22-14(3)27-18)9-8-19(25)24(17)11-15-4-6-16(21)7-5-15/h4-7,10,13,17H,8-9,11-12H2,1-3H3/t17-/m0/s1. The molecule has 2 heterocycles. The van der Waals surface area contributed by atoms with Crippen LogP contribution in [0.5, 0.6) is 0 Å². The van der Waals surface area contributed by atoms with Crippen molar-refractivity contribution in [2.45, 2.75) is 39.8 Å². The van der Waals surface area contributed by atoms with Crippen LogP contribution in [0.15, 0.2) is 30.5 Å². The largest absolute Gasteiger partial charge is 0.335 e. The van der Waals surface area contributed by atoms with Crippen LogP contribution in [-0.4, -0.2) is 45.7 Å². The van der Waals surface area contributed by atoms with E-state index >= 15 is 0 Å². The fourth-order valence-electron chi connectivity index (χ4n) is 3.34. The number of aromatic nitrogens is 1. The molecule has 0 aliphatic carbocycles. The highest BCUT2D eigenvalue weighted by molar-refractivity contribution is 7.13. The number of carbonyl (C=O) groups is 2. The lowest BCUT2D eigenvalue weighted by Gasteiger charge is -2.34. The van der Waals surface area contributed by atoms with Gasteiger partial charge in [0.05, 0.1) is 17.2 Å². The molecule has 0 radical (unpaired) electrons. The van der Waals surface area contributed by atoms with E-state index in [1.165, 1.54) is 23.5 Å². The van der Waals surface area contributed by atoms with Crippen molar-refractivity contribution in [2.75, 3.05) is 13.1 Å². The predicted molar refractivity (Wildman–Crippen MR) is 103 cm³/mol. The van der Waals surface area contributed by atoms with Crippen LogP contribution in [0.4, 0.5) is 4.39 Å². The van der Waals surface area contributed by atoms with Gasteiger partial charge in [-0.25, -0.2) is 9.37 Å². The van der Waals surface area contributed by atoms with Crippen LogP contribution in [-0.2, 0) is 11.3 Å². The molecule has 0 bridgehead atoms. The van der Waals surface area contributed by atoms with Gasteiger partial charge >= 0.3 is 0 Å². The Kier molecular flexibility index (Phi) is 5.89. The van der Waals surface area contributed by atoms with Gasteiger partial charge in [0.2, 0.25) is 5.91 Å². The van der Waals surface area contributed by atoms with Crippen molar-refractivity contribution >= 4 is 23.2 Å². The number of carbonyl (C=O) groups excluding carboxylic acids is 2. The maximum Gasteiger partial charge on any atom is 0.265 e. The molecule has 1 aliphatic heterocycles. The highest BCUT2D eigenvalue weighted by Crippen LogP contribution is 2.23. The van der Waals surface area contributed by atoms with Crippen LogP contribution in [0.25, 0.3) is 0 Å². The van der Waals surface area contributed by atoms with Crippen molar-refractivity contribution in [2.24, 2.45) is 5.92 Å². The van der Waals surface area contributed by atoms with Crippen molar-refractivity contribution in [1.29, 1.82) is 0 Å². The number of nitrogens with zero attached hydrogens (tertiary/aromatic N) is 3. The first kappa shape index (κ1) is 19.5. The smallest absolute Gasteiger partial charge is 0.265 e. The van der Waals surface area contributed by atoms with Crippen molar-refractivity contribution in [1.82, 2.24) is 14.8 Å². The van der Waals surface area contributed by atoms with Crippen LogP contribution in [0.3, 0.4) is 0 Å². The molecule has 1 aromatic heterocycles. The van der Waals surface area contributed by atoms with Gasteiger partial charge in [0.25, 0.3) is 5.91 Å². The third-order valence-electron chi connectivity index (χ3n) is 4.88. The molecule has 0 unspecified atom stereocenters. The summed E-state index contributed by atoms with van der Waals surface area (Å²) in [7, 11) is 0. The number of amides is 2. The summed E-state index contributed by atoms with van der Waals surface area (Å²) < 4.78 is 13.2. The zero-order chi connectivity index (χ0) is 19.6. The number of hydrogen-bond acceptors (Lipinski definition) is 4. The molecule has 7 heteroatoms. The Morgan fingerprint density at radius 3 is 2.63 bits per heavy atom. The summed E-state index contributed by atoms with van der Waals surface area (Å²) >= 11 is 1.38. The third kappa shape index (κ3) is 4.53. The highest BCUT2D eigenvalue weighted by Gasteiger charge is 2.34. The molecular weight excluding hydrogens is 365 g/mol. The van der Waals surface area contributed by atoms with Gasteiger partial charge in [0, 0.05) is 26.1 Å². The molecule has 0 N–H and O–H groups in total. The van der Waals surface area contributed by atoms with E-state index < -0.39 is 0 Å². The van der Waals surface area contributed by atoms with E-state index in [-0.39, 0.29) is 36.0 Å². The number of benzene rings is 1. The Balaban J connectivity index is 1.81. The molecule has 144 valence electrons. The van der Waals surface area contributed by atoms with E-state index in [4.69, 9.17) is 0 Å². The number of hydrogen-bond donors (Lipinski definition) is 0. The van der Waals surface area contributed by atoms with Crippen molar-refractivity contribution in [3.63, 3.8) is 0 Å². The normalized spacial score (nSPS) is 18.1. The first-order valence-electron chi connectivity index (χ1n) is 9.10. The van der Waals surface area contributed by atoms with Gasteiger partial charge in [-0.15, -0.1) is 11.3 Å². The first-order valence-corrected chi connectivity index (χ1v) is 9.92. The van der Waals surface area contributed by atoms with Gasteiger partial charge in [0.15, 0.2) is 0 Å². The maximum atomic E-state index is 13.2. The van der Waals surface area contributed by atoms with Gasteiger partial charge < -0.3 is 9.80 Å². The van der Waals surface area contributed by atoms with E-state index in [0.29, 0.717) is 24.5 Å². The average molecular weight is 389 g/mol. The number of aryl methyl sites for hydroxylation is 1. The first-order chi connectivity index (χ1) is 12.8. The lowest BCUT2D eigenvalue weighted by atomic mass is 10.0. The molecule has 2 amide bonds. The van der Waals surface area contributed by atoms with Gasteiger partial charge in [-0.3, -0.25) is 9.59 Å². The minimum absolute atomic E-state index is 0.0220. The van der Waals surface area contributed by atoms with Crippen LogP contribution in [0, 0.1) is 18.7 Å². The highest BCUT2D eigenvalue weighted by atomic mass is 32.1. The Bertz CT molecular complexity index is 819. The quantitative estimate of drug-likeness (QED) is 0.804. The van der Waals surface area contributed by atoms with E-state index in [1.54, 1.807) is 23.2 Å². The molecule has 1 saturated heterocycles. The average Bonchev–Trinajstić information content (AvgIpc) is 3.00. The molecule has 5 nitrogen and oxygen atoms in total. The summed E-state index contributed by atoms with van der Waals surface area (Å²) in [6.45, 7) is 7.29. The summed E-state index contributed by atoms with van der Waals surface area (Å²) in [5.41, 5.74) is 0.883. The molecule has 2 aromatic rings. The number of halogens is 1. The Labute approximate surface area is 162 Å². The van der Waals surface area contributed by atoms with Crippen LogP contribution in [0.1, 0.15) is 40.5 Å². The van der Waals surface area contributed by atoms with Crippen LogP contribution in [0.2, 0.25) is 0 Å². The lowest BCUT2D eigenvalue weighted by molar-refractivity contribution is -0.134. The van der Waals surface area contributed by atoms with Crippen LogP contribution >= 0.6 is 11.3 Å². The second-order valence-corrected chi connectivity index (χ2v) is 8.44. The number of thiazole rings is 1. The van der Waals surface area contributed by atoms with E-state index in [0.717, 1.165) is 10.6 Å². The zero-order valence-electron chi connectivity index (χ0n) is 15.8. The maximum absolute atomic E-state index is 13.2. The summed E-state index contributed by atoms with van der Waals surface area (Å²) in [6, 6.07) is 6.12. The van der Waals surface area contributed by atoms with Gasteiger partial charge in [-0.2, -0.15) is 0 Å². The van der Waals surface area contributed by atoms with Gasteiger partial charge in [-0.1, -0.05) is 26.0 Å². The Hall–Kier alpha value is -2.28. The minimum atomic E-state index is -0.294. The second-order valence-electron chi connectivity index (χ2n) is 7.20. The molecule has 1 fully saturated rings. The molecule has 1 atom stereocenters. The van der Waals surface area contributed by atoms with Crippen molar-refractivity contribution in [3.8, 4) is 0 Å². The molecule has 1 aliphatic rings. The molecule has 1 aromatic carbocycles. The van der Waals surface area contributed by atoms with Gasteiger partial charge in [0.1, 0.15) is 10.7 Å². The Morgan fingerprint density at radius 2 is 2.04 bits per heavy atom. The zero-order valence-corrected chi connectivity index (χ0v) is 16.6.